The first-order chi connectivity index (χ1) is 6.36. The second kappa shape index (κ2) is 6.83. The molecule has 1 nitrogen and oxygen atoms in total. The van der Waals surface area contributed by atoms with Gasteiger partial charge in [-0.1, -0.05) is 35.7 Å². The van der Waals surface area contributed by atoms with Crippen LogP contribution in [-0.2, 0) is 0 Å². The van der Waals surface area contributed by atoms with Crippen LogP contribution >= 0.6 is 15.9 Å². The highest BCUT2D eigenvalue weighted by molar-refractivity contribution is 9.09. The molecule has 1 fully saturated rings. The second-order valence-corrected chi connectivity index (χ2v) is 4.79. The Morgan fingerprint density at radius 1 is 1.23 bits per heavy atom. The molecule has 1 rings (SSSR count). The van der Waals surface area contributed by atoms with Crippen LogP contribution in [0.5, 0.6) is 0 Å². The zero-order valence-corrected chi connectivity index (χ0v) is 10.4. The molecule has 0 aromatic carbocycles. The number of nitrogens with zero attached hydrogens (tertiary/aromatic N) is 1. The number of unbranched alkanes of at least 4 members (excludes halogenated alkanes) is 2. The number of hydrogen-bond donors (Lipinski definition) is 0. The van der Waals surface area contributed by atoms with Gasteiger partial charge in [0.2, 0.25) is 0 Å². The van der Waals surface area contributed by atoms with E-state index in [0.717, 1.165) is 5.92 Å². The van der Waals surface area contributed by atoms with Crippen molar-refractivity contribution >= 4 is 15.9 Å². The van der Waals surface area contributed by atoms with Gasteiger partial charge in [-0.25, -0.2) is 0 Å². The molecule has 0 amide bonds. The Kier molecular flexibility index (Phi) is 6.05. The Morgan fingerprint density at radius 2 is 1.92 bits per heavy atom. The normalized spacial score (nSPS) is 20.8. The third-order valence-corrected chi connectivity index (χ3v) is 3.92. The monoisotopic (exact) mass is 247 g/mol. The SMILES string of the molecule is CCCCCN1CCC(CBr)CC1. The van der Waals surface area contributed by atoms with Crippen molar-refractivity contribution in [2.75, 3.05) is 25.0 Å². The smallest absolute Gasteiger partial charge is 0.00606 e. The maximum atomic E-state index is 3.58. The molecule has 0 aromatic rings. The quantitative estimate of drug-likeness (QED) is 0.533. The van der Waals surface area contributed by atoms with Crippen LogP contribution in [0.15, 0.2) is 0 Å². The summed E-state index contributed by atoms with van der Waals surface area (Å²) in [4.78, 5) is 2.63. The number of hydrogen-bond acceptors (Lipinski definition) is 1. The van der Waals surface area contributed by atoms with E-state index >= 15 is 0 Å². The van der Waals surface area contributed by atoms with Crippen LogP contribution in [0, 0.1) is 5.92 Å². The molecule has 0 spiro atoms. The number of rotatable bonds is 5. The van der Waals surface area contributed by atoms with Crippen molar-refractivity contribution in [3.63, 3.8) is 0 Å². The van der Waals surface area contributed by atoms with Crippen molar-refractivity contribution in [2.45, 2.75) is 39.0 Å². The van der Waals surface area contributed by atoms with Crippen molar-refractivity contribution in [3.8, 4) is 0 Å². The molecule has 0 atom stereocenters. The van der Waals surface area contributed by atoms with Crippen LogP contribution in [0.1, 0.15) is 39.0 Å². The molecular formula is C11H22BrN. The Hall–Kier alpha value is 0.440. The maximum absolute atomic E-state index is 3.58. The zero-order chi connectivity index (χ0) is 9.52. The lowest BCUT2D eigenvalue weighted by Crippen LogP contribution is -2.34. The van der Waals surface area contributed by atoms with E-state index in [0.29, 0.717) is 0 Å². The van der Waals surface area contributed by atoms with E-state index in [4.69, 9.17) is 0 Å². The van der Waals surface area contributed by atoms with E-state index in [9.17, 15) is 0 Å². The largest absolute Gasteiger partial charge is 0.303 e. The highest BCUT2D eigenvalue weighted by Crippen LogP contribution is 2.19. The number of halogens is 1. The number of alkyl halides is 1. The average Bonchev–Trinajstić information content (AvgIpc) is 2.19. The molecule has 0 N–H and O–H groups in total. The molecule has 1 saturated heterocycles. The molecule has 0 radical (unpaired) electrons. The molecule has 1 aliphatic heterocycles. The molecule has 0 saturated carbocycles. The predicted octanol–water partition coefficient (Wildman–Crippen LogP) is 3.28. The van der Waals surface area contributed by atoms with Crippen LogP contribution in [-0.4, -0.2) is 29.9 Å². The zero-order valence-electron chi connectivity index (χ0n) is 8.77. The van der Waals surface area contributed by atoms with Gasteiger partial charge in [0.15, 0.2) is 0 Å². The van der Waals surface area contributed by atoms with E-state index in [1.807, 2.05) is 0 Å². The summed E-state index contributed by atoms with van der Waals surface area (Å²) >= 11 is 3.58. The minimum atomic E-state index is 0.947. The van der Waals surface area contributed by atoms with E-state index in [1.54, 1.807) is 0 Å². The summed E-state index contributed by atoms with van der Waals surface area (Å²) in [5.41, 5.74) is 0. The highest BCUT2D eigenvalue weighted by Gasteiger charge is 2.17. The first-order valence-corrected chi connectivity index (χ1v) is 6.77. The van der Waals surface area contributed by atoms with Gasteiger partial charge in [0, 0.05) is 5.33 Å². The van der Waals surface area contributed by atoms with Gasteiger partial charge >= 0.3 is 0 Å². The molecule has 13 heavy (non-hydrogen) atoms. The lowest BCUT2D eigenvalue weighted by atomic mass is 9.99. The van der Waals surface area contributed by atoms with Gasteiger partial charge in [0.25, 0.3) is 0 Å². The van der Waals surface area contributed by atoms with Crippen LogP contribution in [0.3, 0.4) is 0 Å². The van der Waals surface area contributed by atoms with Crippen LogP contribution in [0.4, 0.5) is 0 Å². The average molecular weight is 248 g/mol. The van der Waals surface area contributed by atoms with E-state index in [1.165, 1.54) is 57.1 Å². The third kappa shape index (κ3) is 4.46. The summed E-state index contributed by atoms with van der Waals surface area (Å²) in [7, 11) is 0. The lowest BCUT2D eigenvalue weighted by molar-refractivity contribution is 0.192. The highest BCUT2D eigenvalue weighted by atomic mass is 79.9. The van der Waals surface area contributed by atoms with Gasteiger partial charge in [-0.2, -0.15) is 0 Å². The molecule has 0 bridgehead atoms. The summed E-state index contributed by atoms with van der Waals surface area (Å²) in [5, 5.41) is 1.20. The summed E-state index contributed by atoms with van der Waals surface area (Å²) in [6, 6.07) is 0. The number of piperidine rings is 1. The minimum Gasteiger partial charge on any atom is -0.303 e. The van der Waals surface area contributed by atoms with Gasteiger partial charge in [0.1, 0.15) is 0 Å². The van der Waals surface area contributed by atoms with Gasteiger partial charge in [-0.15, -0.1) is 0 Å². The predicted molar refractivity (Wildman–Crippen MR) is 62.5 cm³/mol. The second-order valence-electron chi connectivity index (χ2n) is 4.15. The van der Waals surface area contributed by atoms with E-state index in [-0.39, 0.29) is 0 Å². The van der Waals surface area contributed by atoms with Crippen LogP contribution < -0.4 is 0 Å². The first-order valence-electron chi connectivity index (χ1n) is 5.65. The molecule has 1 aliphatic rings. The Labute approximate surface area is 91.0 Å². The van der Waals surface area contributed by atoms with Crippen LogP contribution in [0.25, 0.3) is 0 Å². The molecule has 0 aliphatic carbocycles. The standard InChI is InChI=1S/C11H22BrN/c1-2-3-4-7-13-8-5-11(10-12)6-9-13/h11H,2-10H2,1H3. The van der Waals surface area contributed by atoms with Gasteiger partial charge in [-0.3, -0.25) is 0 Å². The summed E-state index contributed by atoms with van der Waals surface area (Å²) in [5.74, 6) is 0.947. The van der Waals surface area contributed by atoms with E-state index in [2.05, 4.69) is 27.8 Å². The minimum absolute atomic E-state index is 0.947. The fourth-order valence-electron chi connectivity index (χ4n) is 1.95. The van der Waals surface area contributed by atoms with Crippen LogP contribution in [0.2, 0.25) is 0 Å². The first kappa shape index (κ1) is 11.5. The fraction of sp³-hybridized carbons (Fsp3) is 1.00. The molecule has 2 heteroatoms. The van der Waals surface area contributed by atoms with Crippen molar-refractivity contribution in [1.82, 2.24) is 4.90 Å². The molecule has 0 aromatic heterocycles. The Morgan fingerprint density at radius 3 is 2.46 bits per heavy atom. The van der Waals surface area contributed by atoms with Crippen molar-refractivity contribution in [1.29, 1.82) is 0 Å². The molecule has 1 heterocycles. The maximum Gasteiger partial charge on any atom is 0.00606 e. The third-order valence-electron chi connectivity index (χ3n) is 3.00. The topological polar surface area (TPSA) is 3.24 Å². The summed E-state index contributed by atoms with van der Waals surface area (Å²) < 4.78 is 0. The molecule has 78 valence electrons. The van der Waals surface area contributed by atoms with Crippen molar-refractivity contribution in [2.24, 2.45) is 5.92 Å². The van der Waals surface area contributed by atoms with Gasteiger partial charge < -0.3 is 4.90 Å². The van der Waals surface area contributed by atoms with E-state index < -0.39 is 0 Å². The molecule has 0 unspecified atom stereocenters. The van der Waals surface area contributed by atoms with Gasteiger partial charge in [0.05, 0.1) is 0 Å². The fourth-order valence-corrected chi connectivity index (χ4v) is 2.60. The lowest BCUT2D eigenvalue weighted by Gasteiger charge is -2.30. The van der Waals surface area contributed by atoms with Gasteiger partial charge in [-0.05, 0) is 44.8 Å². The summed E-state index contributed by atoms with van der Waals surface area (Å²) in [6.45, 7) is 6.28. The number of likely N-dealkylation sites (tertiary alicyclic amines) is 1. The van der Waals surface area contributed by atoms with Crippen molar-refractivity contribution < 1.29 is 0 Å². The Bertz CT molecular complexity index is 117. The van der Waals surface area contributed by atoms with Crippen molar-refractivity contribution in [3.05, 3.63) is 0 Å². The Balaban J connectivity index is 2.03. The summed E-state index contributed by atoms with van der Waals surface area (Å²) in [6.07, 6.45) is 6.94. The molecular weight excluding hydrogens is 226 g/mol.